The van der Waals surface area contributed by atoms with Crippen LogP contribution < -0.4 is 11.1 Å². The molecule has 3 N–H and O–H groups in total. The summed E-state index contributed by atoms with van der Waals surface area (Å²) in [6, 6.07) is 3.80. The highest BCUT2D eigenvalue weighted by Crippen LogP contribution is 2.28. The van der Waals surface area contributed by atoms with E-state index in [2.05, 4.69) is 21.2 Å². The largest absolute Gasteiger partial charge is 0.379 e. The second-order valence-electron chi connectivity index (χ2n) is 4.74. The number of nitrogens with one attached hydrogen (secondary N) is 1. The molecule has 1 aromatic rings. The third-order valence-corrected chi connectivity index (χ3v) is 3.77. The standard InChI is InChI=1S/C13H17BrN2O2/c1-7-3-8(2)12(10(14)4-7)16-13(17)9-5-18-6-11(9)15/h3-4,9,11H,5-6,15H2,1-2H3,(H,16,17). The van der Waals surface area contributed by atoms with Crippen LogP contribution >= 0.6 is 15.9 Å². The van der Waals surface area contributed by atoms with Gasteiger partial charge in [0.05, 0.1) is 24.8 Å². The number of ether oxygens (including phenoxy) is 1. The number of hydrogen-bond donors (Lipinski definition) is 2. The summed E-state index contributed by atoms with van der Waals surface area (Å²) in [4.78, 5) is 12.1. The minimum absolute atomic E-state index is 0.0762. The van der Waals surface area contributed by atoms with Gasteiger partial charge in [0, 0.05) is 10.5 Å². The first kappa shape index (κ1) is 13.5. The Kier molecular flexibility index (Phi) is 4.04. The van der Waals surface area contributed by atoms with E-state index < -0.39 is 0 Å². The van der Waals surface area contributed by atoms with Gasteiger partial charge in [-0.05, 0) is 47.0 Å². The van der Waals surface area contributed by atoms with Crippen LogP contribution in [0.25, 0.3) is 0 Å². The molecule has 18 heavy (non-hydrogen) atoms. The van der Waals surface area contributed by atoms with Gasteiger partial charge in [-0.3, -0.25) is 4.79 Å². The van der Waals surface area contributed by atoms with Crippen LogP contribution in [0.2, 0.25) is 0 Å². The van der Waals surface area contributed by atoms with E-state index in [0.29, 0.717) is 13.2 Å². The van der Waals surface area contributed by atoms with Gasteiger partial charge in [-0.15, -0.1) is 0 Å². The summed E-state index contributed by atoms with van der Waals surface area (Å²) in [5.41, 5.74) is 8.83. The van der Waals surface area contributed by atoms with Gasteiger partial charge in [-0.1, -0.05) is 6.07 Å². The molecule has 1 heterocycles. The first-order valence-electron chi connectivity index (χ1n) is 5.90. The highest BCUT2D eigenvalue weighted by atomic mass is 79.9. The van der Waals surface area contributed by atoms with E-state index in [1.807, 2.05) is 26.0 Å². The van der Waals surface area contributed by atoms with E-state index in [4.69, 9.17) is 10.5 Å². The number of amides is 1. The smallest absolute Gasteiger partial charge is 0.231 e. The molecule has 0 saturated carbocycles. The minimum atomic E-state index is -0.266. The van der Waals surface area contributed by atoms with Crippen LogP contribution in [0, 0.1) is 19.8 Å². The molecule has 98 valence electrons. The molecule has 1 aromatic carbocycles. The van der Waals surface area contributed by atoms with Crippen molar-refractivity contribution in [3.05, 3.63) is 27.7 Å². The molecule has 0 spiro atoms. The number of hydrogen-bond acceptors (Lipinski definition) is 3. The van der Waals surface area contributed by atoms with Gasteiger partial charge in [-0.25, -0.2) is 0 Å². The molecule has 1 fully saturated rings. The lowest BCUT2D eigenvalue weighted by molar-refractivity contribution is -0.120. The van der Waals surface area contributed by atoms with Crippen molar-refractivity contribution in [3.8, 4) is 0 Å². The molecule has 1 aliphatic heterocycles. The van der Waals surface area contributed by atoms with Crippen molar-refractivity contribution in [2.75, 3.05) is 18.5 Å². The molecular weight excluding hydrogens is 296 g/mol. The van der Waals surface area contributed by atoms with Crippen LogP contribution in [-0.4, -0.2) is 25.2 Å². The van der Waals surface area contributed by atoms with E-state index in [1.54, 1.807) is 0 Å². The van der Waals surface area contributed by atoms with Gasteiger partial charge in [-0.2, -0.15) is 0 Å². The van der Waals surface area contributed by atoms with Crippen molar-refractivity contribution < 1.29 is 9.53 Å². The third kappa shape index (κ3) is 2.74. The average Bonchev–Trinajstić information content (AvgIpc) is 2.69. The summed E-state index contributed by atoms with van der Waals surface area (Å²) in [7, 11) is 0. The predicted molar refractivity (Wildman–Crippen MR) is 74.5 cm³/mol. The number of aryl methyl sites for hydroxylation is 2. The summed E-state index contributed by atoms with van der Waals surface area (Å²) < 4.78 is 6.10. The fourth-order valence-corrected chi connectivity index (χ4v) is 2.90. The van der Waals surface area contributed by atoms with Crippen molar-refractivity contribution in [1.29, 1.82) is 0 Å². The van der Waals surface area contributed by atoms with Gasteiger partial charge in [0.1, 0.15) is 0 Å². The van der Waals surface area contributed by atoms with Crippen LogP contribution in [-0.2, 0) is 9.53 Å². The predicted octanol–water partition coefficient (Wildman–Crippen LogP) is 1.98. The normalized spacial score (nSPS) is 23.1. The summed E-state index contributed by atoms with van der Waals surface area (Å²) >= 11 is 3.47. The Hall–Kier alpha value is -0.910. The van der Waals surface area contributed by atoms with Crippen LogP contribution in [0.1, 0.15) is 11.1 Å². The number of nitrogens with two attached hydrogens (primary N) is 1. The fourth-order valence-electron chi connectivity index (χ4n) is 2.13. The molecule has 1 aliphatic rings. The molecule has 0 radical (unpaired) electrons. The topological polar surface area (TPSA) is 64.3 Å². The van der Waals surface area contributed by atoms with Gasteiger partial charge in [0.2, 0.25) is 5.91 Å². The van der Waals surface area contributed by atoms with E-state index in [9.17, 15) is 4.79 Å². The first-order valence-corrected chi connectivity index (χ1v) is 6.69. The zero-order valence-corrected chi connectivity index (χ0v) is 12.1. The van der Waals surface area contributed by atoms with Crippen LogP contribution in [0.5, 0.6) is 0 Å². The van der Waals surface area contributed by atoms with Crippen molar-refractivity contribution >= 4 is 27.5 Å². The first-order chi connectivity index (χ1) is 8.49. The third-order valence-electron chi connectivity index (χ3n) is 3.14. The maximum atomic E-state index is 12.1. The number of benzene rings is 1. The Morgan fingerprint density at radius 2 is 2.17 bits per heavy atom. The zero-order valence-electron chi connectivity index (χ0n) is 10.5. The molecule has 5 heteroatoms. The van der Waals surface area contributed by atoms with Gasteiger partial charge >= 0.3 is 0 Å². The van der Waals surface area contributed by atoms with Crippen LogP contribution in [0.15, 0.2) is 16.6 Å². The number of anilines is 1. The monoisotopic (exact) mass is 312 g/mol. The number of rotatable bonds is 2. The summed E-state index contributed by atoms with van der Waals surface area (Å²) in [6.07, 6.45) is 0. The fraction of sp³-hybridized carbons (Fsp3) is 0.462. The van der Waals surface area contributed by atoms with Crippen molar-refractivity contribution in [3.63, 3.8) is 0 Å². The SMILES string of the molecule is Cc1cc(C)c(NC(=O)C2COCC2N)c(Br)c1. The molecule has 0 aliphatic carbocycles. The van der Waals surface area contributed by atoms with E-state index in [-0.39, 0.29) is 17.9 Å². The average molecular weight is 313 g/mol. The van der Waals surface area contributed by atoms with Gasteiger partial charge in [0.15, 0.2) is 0 Å². The summed E-state index contributed by atoms with van der Waals surface area (Å²) in [5, 5.41) is 2.93. The summed E-state index contributed by atoms with van der Waals surface area (Å²) in [6.45, 7) is 4.84. The molecule has 0 bridgehead atoms. The Morgan fingerprint density at radius 1 is 1.44 bits per heavy atom. The van der Waals surface area contributed by atoms with Crippen LogP contribution in [0.4, 0.5) is 5.69 Å². The van der Waals surface area contributed by atoms with E-state index in [0.717, 1.165) is 21.3 Å². The van der Waals surface area contributed by atoms with Crippen molar-refractivity contribution in [2.24, 2.45) is 11.7 Å². The Labute approximate surface area is 115 Å². The second-order valence-corrected chi connectivity index (χ2v) is 5.59. The Morgan fingerprint density at radius 3 is 2.72 bits per heavy atom. The molecule has 1 saturated heterocycles. The number of carbonyl (C=O) groups excluding carboxylic acids is 1. The molecule has 2 atom stereocenters. The maximum absolute atomic E-state index is 12.1. The van der Waals surface area contributed by atoms with E-state index in [1.165, 1.54) is 0 Å². The molecule has 0 aromatic heterocycles. The number of halogens is 1. The molecule has 2 rings (SSSR count). The minimum Gasteiger partial charge on any atom is -0.379 e. The highest BCUT2D eigenvalue weighted by Gasteiger charge is 2.31. The Balaban J connectivity index is 2.17. The molecule has 1 amide bonds. The summed E-state index contributed by atoms with van der Waals surface area (Å²) in [5.74, 6) is -0.342. The quantitative estimate of drug-likeness (QED) is 0.877. The van der Waals surface area contributed by atoms with Crippen molar-refractivity contribution in [2.45, 2.75) is 19.9 Å². The van der Waals surface area contributed by atoms with Gasteiger partial charge < -0.3 is 15.8 Å². The molecule has 4 nitrogen and oxygen atoms in total. The van der Waals surface area contributed by atoms with Crippen LogP contribution in [0.3, 0.4) is 0 Å². The highest BCUT2D eigenvalue weighted by molar-refractivity contribution is 9.10. The molecular formula is C13H17BrN2O2. The lowest BCUT2D eigenvalue weighted by Crippen LogP contribution is -2.37. The van der Waals surface area contributed by atoms with E-state index >= 15 is 0 Å². The lowest BCUT2D eigenvalue weighted by atomic mass is 10.0. The lowest BCUT2D eigenvalue weighted by Gasteiger charge is -2.16. The molecule has 2 unspecified atom stereocenters. The Bertz CT molecular complexity index is 453. The number of carbonyl (C=O) groups is 1. The second kappa shape index (κ2) is 5.38. The zero-order chi connectivity index (χ0) is 13.3. The van der Waals surface area contributed by atoms with Gasteiger partial charge in [0.25, 0.3) is 0 Å². The maximum Gasteiger partial charge on any atom is 0.231 e. The van der Waals surface area contributed by atoms with Crippen molar-refractivity contribution in [1.82, 2.24) is 0 Å².